The monoisotopic (exact) mass is 174 g/mol. The van der Waals surface area contributed by atoms with Gasteiger partial charge in [0.2, 0.25) is 0 Å². The minimum Gasteiger partial charge on any atom is -0.508 e. The third-order valence-electron chi connectivity index (χ3n) is 1.45. The number of aromatic hydroxyl groups is 1. The molecule has 0 amide bonds. The molecule has 0 aliphatic rings. The molecule has 1 rings (SSSR count). The van der Waals surface area contributed by atoms with Crippen LogP contribution in [-0.4, -0.2) is 5.11 Å². The number of benzene rings is 1. The van der Waals surface area contributed by atoms with E-state index in [1.165, 1.54) is 0 Å². The lowest BCUT2D eigenvalue weighted by Crippen LogP contribution is -2.00. The lowest BCUT2D eigenvalue weighted by molar-refractivity contribution is 0.153. The fourth-order valence-corrected chi connectivity index (χ4v) is 0.934. The van der Waals surface area contributed by atoms with E-state index in [0.29, 0.717) is 0 Å². The minimum absolute atomic E-state index is 0.192. The van der Waals surface area contributed by atoms with Crippen LogP contribution in [0.1, 0.15) is 12.0 Å². The van der Waals surface area contributed by atoms with Crippen LogP contribution in [0.2, 0.25) is 0 Å². The highest BCUT2D eigenvalue weighted by atomic mass is 19.3. The predicted molar refractivity (Wildman–Crippen MR) is 41.9 cm³/mol. The van der Waals surface area contributed by atoms with E-state index in [2.05, 4.69) is 0 Å². The van der Waals surface area contributed by atoms with Crippen LogP contribution in [-0.2, 0) is 0 Å². The molecular weight excluding hydrogens is 166 g/mol. The van der Waals surface area contributed by atoms with E-state index in [1.54, 1.807) is 0 Å². The van der Waals surface area contributed by atoms with Crippen molar-refractivity contribution >= 4 is 11.4 Å². The second kappa shape index (κ2) is 2.84. The molecule has 0 heterocycles. The zero-order chi connectivity index (χ0) is 9.30. The molecule has 1 aromatic rings. The third kappa shape index (κ3) is 1.39. The molecule has 0 aromatic heterocycles. The maximum absolute atomic E-state index is 12.2. The quantitative estimate of drug-likeness (QED) is 0.565. The topological polar surface area (TPSA) is 72.3 Å². The highest BCUT2D eigenvalue weighted by molar-refractivity contribution is 5.65. The Morgan fingerprint density at radius 2 is 1.58 bits per heavy atom. The van der Waals surface area contributed by atoms with Gasteiger partial charge in [0, 0.05) is 23.5 Å². The van der Waals surface area contributed by atoms with E-state index in [9.17, 15) is 8.78 Å². The van der Waals surface area contributed by atoms with Gasteiger partial charge < -0.3 is 16.6 Å². The van der Waals surface area contributed by atoms with Crippen molar-refractivity contribution in [2.75, 3.05) is 11.5 Å². The largest absolute Gasteiger partial charge is 0.508 e. The summed E-state index contributed by atoms with van der Waals surface area (Å²) in [6.45, 7) is 0. The van der Waals surface area contributed by atoms with Gasteiger partial charge in [-0.15, -0.1) is 0 Å². The van der Waals surface area contributed by atoms with E-state index in [1.807, 2.05) is 0 Å². The van der Waals surface area contributed by atoms with Crippen LogP contribution in [0.25, 0.3) is 0 Å². The first-order valence-electron chi connectivity index (χ1n) is 3.18. The Morgan fingerprint density at radius 3 is 1.92 bits per heavy atom. The Bertz CT molecular complexity index is 278. The van der Waals surface area contributed by atoms with Crippen molar-refractivity contribution in [1.29, 1.82) is 0 Å². The molecule has 0 unspecified atom stereocenters. The average molecular weight is 174 g/mol. The Balaban J connectivity index is 3.28. The number of halogens is 2. The molecule has 3 nitrogen and oxygen atoms in total. The number of rotatable bonds is 1. The van der Waals surface area contributed by atoms with Crippen LogP contribution < -0.4 is 11.5 Å². The Morgan fingerprint density at radius 1 is 1.17 bits per heavy atom. The molecule has 5 N–H and O–H groups in total. The molecule has 0 aliphatic carbocycles. The van der Waals surface area contributed by atoms with Crippen LogP contribution >= 0.6 is 0 Å². The van der Waals surface area contributed by atoms with Crippen LogP contribution in [0.4, 0.5) is 20.2 Å². The van der Waals surface area contributed by atoms with Gasteiger partial charge in [-0.1, -0.05) is 0 Å². The average Bonchev–Trinajstić information content (AvgIpc) is 1.82. The summed E-state index contributed by atoms with van der Waals surface area (Å²) in [5.41, 5.74) is 9.60. The molecule has 0 bridgehead atoms. The lowest BCUT2D eigenvalue weighted by Gasteiger charge is -2.08. The first kappa shape index (κ1) is 8.58. The first-order chi connectivity index (χ1) is 5.52. The van der Waals surface area contributed by atoms with Crippen molar-refractivity contribution < 1.29 is 13.9 Å². The molecule has 0 fully saturated rings. The van der Waals surface area contributed by atoms with Crippen LogP contribution in [0.5, 0.6) is 5.75 Å². The third-order valence-corrected chi connectivity index (χ3v) is 1.45. The Labute approximate surface area is 67.6 Å². The maximum atomic E-state index is 12.2. The van der Waals surface area contributed by atoms with Gasteiger partial charge in [-0.2, -0.15) is 0 Å². The van der Waals surface area contributed by atoms with Crippen molar-refractivity contribution in [2.24, 2.45) is 0 Å². The van der Waals surface area contributed by atoms with Crippen molar-refractivity contribution in [3.63, 3.8) is 0 Å². The fourth-order valence-electron chi connectivity index (χ4n) is 0.934. The molecule has 0 atom stereocenters. The number of phenolic OH excluding ortho intramolecular Hbond substituents is 1. The Hall–Kier alpha value is -1.52. The molecule has 0 radical (unpaired) electrons. The van der Waals surface area contributed by atoms with Gasteiger partial charge in [0.05, 0.1) is 5.56 Å². The lowest BCUT2D eigenvalue weighted by atomic mass is 10.1. The van der Waals surface area contributed by atoms with Gasteiger partial charge in [-0.05, 0) is 0 Å². The van der Waals surface area contributed by atoms with E-state index < -0.39 is 12.0 Å². The summed E-state index contributed by atoms with van der Waals surface area (Å²) in [6, 6.07) is 2.08. The summed E-state index contributed by atoms with van der Waals surface area (Å²) in [5, 5.41) is 8.90. The summed E-state index contributed by atoms with van der Waals surface area (Å²) < 4.78 is 24.4. The summed E-state index contributed by atoms with van der Waals surface area (Å²) in [4.78, 5) is 0. The predicted octanol–water partition coefficient (Wildman–Crippen LogP) is 1.49. The van der Waals surface area contributed by atoms with Crippen LogP contribution in [0.3, 0.4) is 0 Å². The number of nitrogens with two attached hydrogens (primary N) is 2. The van der Waals surface area contributed by atoms with Gasteiger partial charge in [0.25, 0.3) is 6.43 Å². The normalized spacial score (nSPS) is 10.6. The number of phenols is 1. The van der Waals surface area contributed by atoms with E-state index in [-0.39, 0.29) is 17.1 Å². The highest BCUT2D eigenvalue weighted by Gasteiger charge is 2.15. The number of alkyl halides is 2. The van der Waals surface area contributed by atoms with Crippen LogP contribution in [0, 0.1) is 0 Å². The molecule has 0 saturated heterocycles. The number of hydrogen-bond acceptors (Lipinski definition) is 3. The van der Waals surface area contributed by atoms with Gasteiger partial charge in [0.15, 0.2) is 0 Å². The fraction of sp³-hybridized carbons (Fsp3) is 0.143. The SMILES string of the molecule is Nc1cc(O)cc(N)c1C(F)F. The molecule has 12 heavy (non-hydrogen) atoms. The summed E-state index contributed by atoms with van der Waals surface area (Å²) in [6.07, 6.45) is -2.72. The zero-order valence-electron chi connectivity index (χ0n) is 6.09. The van der Waals surface area contributed by atoms with E-state index >= 15 is 0 Å². The number of hydrogen-bond donors (Lipinski definition) is 3. The van der Waals surface area contributed by atoms with Gasteiger partial charge in [-0.25, -0.2) is 8.78 Å². The van der Waals surface area contributed by atoms with Crippen molar-refractivity contribution in [1.82, 2.24) is 0 Å². The minimum atomic E-state index is -2.72. The number of nitrogen functional groups attached to an aromatic ring is 2. The van der Waals surface area contributed by atoms with Crippen molar-refractivity contribution in [3.05, 3.63) is 17.7 Å². The van der Waals surface area contributed by atoms with Gasteiger partial charge >= 0.3 is 0 Å². The molecular formula is C7H8F2N2O. The first-order valence-corrected chi connectivity index (χ1v) is 3.18. The smallest absolute Gasteiger partial charge is 0.267 e. The summed E-state index contributed by atoms with van der Waals surface area (Å²) in [7, 11) is 0. The summed E-state index contributed by atoms with van der Waals surface area (Å²) >= 11 is 0. The molecule has 0 spiro atoms. The zero-order valence-corrected chi connectivity index (χ0v) is 6.09. The maximum Gasteiger partial charge on any atom is 0.267 e. The Kier molecular flexibility index (Phi) is 2.03. The van der Waals surface area contributed by atoms with Crippen molar-refractivity contribution in [3.8, 4) is 5.75 Å². The summed E-state index contributed by atoms with van der Waals surface area (Å²) in [5.74, 6) is -0.214. The van der Waals surface area contributed by atoms with Crippen LogP contribution in [0.15, 0.2) is 12.1 Å². The standard InChI is InChI=1S/C7H8F2N2O/c8-7(9)6-4(10)1-3(12)2-5(6)11/h1-2,7,12H,10-11H2. The highest BCUT2D eigenvalue weighted by Crippen LogP contribution is 2.33. The van der Waals surface area contributed by atoms with Gasteiger partial charge in [-0.3, -0.25) is 0 Å². The van der Waals surface area contributed by atoms with E-state index in [4.69, 9.17) is 16.6 Å². The molecule has 1 aromatic carbocycles. The second-order valence-corrected chi connectivity index (χ2v) is 2.34. The second-order valence-electron chi connectivity index (χ2n) is 2.34. The van der Waals surface area contributed by atoms with Crippen molar-refractivity contribution in [2.45, 2.75) is 6.43 Å². The molecule has 66 valence electrons. The van der Waals surface area contributed by atoms with E-state index in [0.717, 1.165) is 12.1 Å². The molecule has 0 saturated carbocycles. The van der Waals surface area contributed by atoms with Gasteiger partial charge in [0.1, 0.15) is 5.75 Å². The molecule has 5 heteroatoms. The number of anilines is 2. The molecule has 0 aliphatic heterocycles.